The molecule has 0 fully saturated rings. The summed E-state index contributed by atoms with van der Waals surface area (Å²) in [5, 5.41) is 10.5. The van der Waals surface area contributed by atoms with Crippen molar-refractivity contribution in [1.82, 2.24) is 34.3 Å². The molecule has 0 unspecified atom stereocenters. The zero-order valence-corrected chi connectivity index (χ0v) is 18.5. The van der Waals surface area contributed by atoms with Gasteiger partial charge in [-0.15, -0.1) is 5.10 Å². The van der Waals surface area contributed by atoms with E-state index in [1.54, 1.807) is 22.7 Å². The minimum atomic E-state index is 0.00223. The van der Waals surface area contributed by atoms with Crippen LogP contribution in [0.4, 0.5) is 0 Å². The zero-order valence-electron chi connectivity index (χ0n) is 17.7. The van der Waals surface area contributed by atoms with Crippen LogP contribution in [0.25, 0.3) is 22.2 Å². The van der Waals surface area contributed by atoms with Crippen LogP contribution in [0.3, 0.4) is 0 Å². The van der Waals surface area contributed by atoms with Gasteiger partial charge in [-0.2, -0.15) is 9.61 Å². The predicted molar refractivity (Wildman–Crippen MR) is 124 cm³/mol. The van der Waals surface area contributed by atoms with Crippen LogP contribution in [-0.2, 0) is 11.3 Å². The number of carbonyl (C=O) groups excluding carboxylic acids is 1. The molecular weight excluding hydrogens is 422 g/mol. The lowest BCUT2D eigenvalue weighted by Gasteiger charge is -2.16. The highest BCUT2D eigenvalue weighted by Crippen LogP contribution is 2.24. The molecule has 32 heavy (non-hydrogen) atoms. The highest BCUT2D eigenvalue weighted by Gasteiger charge is 2.16. The number of carbonyl (C=O) groups is 1. The van der Waals surface area contributed by atoms with Gasteiger partial charge in [-0.05, 0) is 31.2 Å². The summed E-state index contributed by atoms with van der Waals surface area (Å²) in [6, 6.07) is 17.7. The fourth-order valence-corrected chi connectivity index (χ4v) is 4.37. The van der Waals surface area contributed by atoms with Gasteiger partial charge in [-0.3, -0.25) is 4.79 Å². The Bertz CT molecular complexity index is 1410. The van der Waals surface area contributed by atoms with Crippen molar-refractivity contribution in [1.29, 1.82) is 0 Å². The molecule has 0 radical (unpaired) electrons. The summed E-state index contributed by atoms with van der Waals surface area (Å²) in [5.74, 6) is 0.925. The minimum absolute atomic E-state index is 0.00223. The topological polar surface area (TPSA) is 81.2 Å². The van der Waals surface area contributed by atoms with E-state index < -0.39 is 0 Å². The fourth-order valence-electron chi connectivity index (χ4n) is 3.49. The molecule has 0 aliphatic carbocycles. The number of fused-ring (bicyclic) bond motifs is 3. The average Bonchev–Trinajstić information content (AvgIpc) is 3.44. The largest absolute Gasteiger partial charge is 0.341 e. The van der Waals surface area contributed by atoms with Crippen molar-refractivity contribution in [3.63, 3.8) is 0 Å². The first kappa shape index (κ1) is 20.2. The average molecular weight is 444 g/mol. The number of rotatable bonds is 6. The number of aryl methyl sites for hydroxylation is 1. The third kappa shape index (κ3) is 3.94. The van der Waals surface area contributed by atoms with Gasteiger partial charge in [0, 0.05) is 30.7 Å². The van der Waals surface area contributed by atoms with E-state index in [1.165, 1.54) is 11.8 Å². The van der Waals surface area contributed by atoms with Crippen LogP contribution in [0.5, 0.6) is 0 Å². The van der Waals surface area contributed by atoms with Crippen LogP contribution in [0.1, 0.15) is 11.4 Å². The molecule has 0 N–H and O–H groups in total. The standard InChI is InChI=1S/C23H21N7OS/c1-16-25-22-19-10-6-7-11-20(19)26-23(30(22)27-16)32-15-21(31)28(2)13-17-12-24-29(14-17)18-8-4-3-5-9-18/h3-12,14H,13,15H2,1-2H3. The first-order valence-electron chi connectivity index (χ1n) is 10.2. The monoisotopic (exact) mass is 443 g/mol. The molecule has 0 saturated heterocycles. The molecule has 3 aromatic heterocycles. The van der Waals surface area contributed by atoms with Gasteiger partial charge in [0.15, 0.2) is 10.8 Å². The van der Waals surface area contributed by atoms with Gasteiger partial charge in [0.1, 0.15) is 5.82 Å². The molecule has 2 aromatic carbocycles. The van der Waals surface area contributed by atoms with E-state index in [9.17, 15) is 4.79 Å². The summed E-state index contributed by atoms with van der Waals surface area (Å²) >= 11 is 1.36. The van der Waals surface area contributed by atoms with Crippen molar-refractivity contribution >= 4 is 34.2 Å². The van der Waals surface area contributed by atoms with E-state index >= 15 is 0 Å². The summed E-state index contributed by atoms with van der Waals surface area (Å²) in [5.41, 5.74) is 3.54. The fraction of sp³-hybridized carbons (Fsp3) is 0.174. The molecule has 9 heteroatoms. The number of hydrogen-bond acceptors (Lipinski definition) is 6. The Kier molecular flexibility index (Phi) is 5.32. The SMILES string of the molecule is Cc1nc2c3ccccc3nc(SCC(=O)N(C)Cc3cnn(-c4ccccc4)c3)n2n1. The lowest BCUT2D eigenvalue weighted by molar-refractivity contribution is -0.127. The molecule has 1 amide bonds. The van der Waals surface area contributed by atoms with E-state index in [1.807, 2.05) is 72.4 Å². The lowest BCUT2D eigenvalue weighted by atomic mass is 10.2. The first-order valence-corrected chi connectivity index (χ1v) is 11.1. The van der Waals surface area contributed by atoms with Gasteiger partial charge in [0.25, 0.3) is 0 Å². The molecular formula is C23H21N7OS. The quantitative estimate of drug-likeness (QED) is 0.295. The Morgan fingerprint density at radius 3 is 2.69 bits per heavy atom. The zero-order chi connectivity index (χ0) is 22.1. The second-order valence-electron chi connectivity index (χ2n) is 7.47. The number of benzene rings is 2. The molecule has 8 nitrogen and oxygen atoms in total. The van der Waals surface area contributed by atoms with E-state index in [0.29, 0.717) is 17.5 Å². The highest BCUT2D eigenvalue weighted by molar-refractivity contribution is 7.99. The number of amides is 1. The normalized spacial score (nSPS) is 11.3. The van der Waals surface area contributed by atoms with Crippen LogP contribution in [0.2, 0.25) is 0 Å². The van der Waals surface area contributed by atoms with Crippen molar-refractivity contribution < 1.29 is 4.79 Å². The molecule has 160 valence electrons. The summed E-state index contributed by atoms with van der Waals surface area (Å²) in [6.07, 6.45) is 3.73. The summed E-state index contributed by atoms with van der Waals surface area (Å²) in [4.78, 5) is 23.8. The Labute approximate surface area is 188 Å². The van der Waals surface area contributed by atoms with E-state index in [0.717, 1.165) is 27.8 Å². The van der Waals surface area contributed by atoms with Crippen LogP contribution in [-0.4, -0.2) is 53.0 Å². The van der Waals surface area contributed by atoms with E-state index in [4.69, 9.17) is 4.98 Å². The van der Waals surface area contributed by atoms with Crippen molar-refractivity contribution in [3.05, 3.63) is 78.4 Å². The summed E-state index contributed by atoms with van der Waals surface area (Å²) in [6.45, 7) is 2.33. The lowest BCUT2D eigenvalue weighted by Crippen LogP contribution is -2.27. The number of nitrogens with zero attached hydrogens (tertiary/aromatic N) is 7. The Balaban J connectivity index is 1.29. The van der Waals surface area contributed by atoms with Crippen LogP contribution in [0, 0.1) is 6.92 Å². The molecule has 0 saturated carbocycles. The highest BCUT2D eigenvalue weighted by atomic mass is 32.2. The third-order valence-electron chi connectivity index (χ3n) is 5.08. The van der Waals surface area contributed by atoms with Crippen molar-refractivity contribution in [2.45, 2.75) is 18.6 Å². The Hall–Kier alpha value is -3.72. The van der Waals surface area contributed by atoms with Gasteiger partial charge >= 0.3 is 0 Å². The first-order chi connectivity index (χ1) is 15.6. The minimum Gasteiger partial charge on any atom is -0.341 e. The van der Waals surface area contributed by atoms with Crippen LogP contribution < -0.4 is 0 Å². The predicted octanol–water partition coefficient (Wildman–Crippen LogP) is 3.52. The number of para-hydroxylation sites is 2. The van der Waals surface area contributed by atoms with Crippen LogP contribution >= 0.6 is 11.8 Å². The maximum Gasteiger partial charge on any atom is 0.233 e. The molecule has 0 aliphatic heterocycles. The number of thioether (sulfide) groups is 1. The van der Waals surface area contributed by atoms with Crippen molar-refractivity contribution in [2.24, 2.45) is 0 Å². The van der Waals surface area contributed by atoms with Gasteiger partial charge in [-0.25, -0.2) is 14.6 Å². The second kappa shape index (κ2) is 8.43. The number of hydrogen-bond donors (Lipinski definition) is 0. The Morgan fingerprint density at radius 2 is 1.84 bits per heavy atom. The van der Waals surface area contributed by atoms with Gasteiger partial charge in [-0.1, -0.05) is 42.1 Å². The van der Waals surface area contributed by atoms with Gasteiger partial charge in [0.05, 0.1) is 23.2 Å². The maximum atomic E-state index is 12.8. The third-order valence-corrected chi connectivity index (χ3v) is 6.00. The second-order valence-corrected chi connectivity index (χ2v) is 8.42. The molecule has 0 bridgehead atoms. The molecule has 0 spiro atoms. The van der Waals surface area contributed by atoms with Crippen molar-refractivity contribution in [2.75, 3.05) is 12.8 Å². The molecule has 0 atom stereocenters. The van der Waals surface area contributed by atoms with Crippen LogP contribution in [0.15, 0.2) is 72.1 Å². The Morgan fingerprint density at radius 1 is 1.06 bits per heavy atom. The maximum absolute atomic E-state index is 12.8. The van der Waals surface area contributed by atoms with Gasteiger partial charge in [0.2, 0.25) is 5.91 Å². The summed E-state index contributed by atoms with van der Waals surface area (Å²) in [7, 11) is 1.80. The smallest absolute Gasteiger partial charge is 0.233 e. The molecule has 3 heterocycles. The molecule has 0 aliphatic rings. The van der Waals surface area contributed by atoms with E-state index in [2.05, 4.69) is 15.2 Å². The summed E-state index contributed by atoms with van der Waals surface area (Å²) < 4.78 is 3.53. The number of aromatic nitrogens is 6. The molecule has 5 aromatic rings. The van der Waals surface area contributed by atoms with E-state index in [-0.39, 0.29) is 11.7 Å². The molecule has 5 rings (SSSR count). The van der Waals surface area contributed by atoms with Gasteiger partial charge < -0.3 is 4.90 Å². The van der Waals surface area contributed by atoms with Crippen molar-refractivity contribution in [3.8, 4) is 5.69 Å².